The molecule has 2 N–H and O–H groups in total. The molecule has 0 unspecified atom stereocenters. The van der Waals surface area contributed by atoms with Crippen molar-refractivity contribution >= 4 is 12.2 Å². The van der Waals surface area contributed by atoms with E-state index in [-0.39, 0.29) is 17.3 Å². The van der Waals surface area contributed by atoms with Crippen LogP contribution in [-0.4, -0.2) is 23.0 Å². The number of anilines is 1. The topological polar surface area (TPSA) is 65.4 Å². The van der Waals surface area contributed by atoms with Gasteiger partial charge in [-0.3, -0.25) is 0 Å². The molecule has 2 rings (SSSR count). The molecule has 0 spiro atoms. The maximum atomic E-state index is 13.6. The third kappa shape index (κ3) is 2.70. The van der Waals surface area contributed by atoms with Crippen molar-refractivity contribution < 1.29 is 13.5 Å². The lowest BCUT2D eigenvalue weighted by molar-refractivity contribution is 0.406. The Morgan fingerprint density at radius 1 is 1.37 bits per heavy atom. The summed E-state index contributed by atoms with van der Waals surface area (Å²) >= 11 is 0. The van der Waals surface area contributed by atoms with E-state index in [0.717, 1.165) is 18.3 Å². The van der Waals surface area contributed by atoms with Crippen LogP contribution < -0.4 is 10.5 Å². The molecule has 0 fully saturated rings. The fraction of sp³-hybridized carbons (Fsp3) is 0.167. The number of nitrogens with zero attached hydrogens (tertiary/aromatic N) is 3. The van der Waals surface area contributed by atoms with Crippen molar-refractivity contribution in [3.05, 3.63) is 41.2 Å². The zero-order valence-corrected chi connectivity index (χ0v) is 10.4. The average molecular weight is 266 g/mol. The summed E-state index contributed by atoms with van der Waals surface area (Å²) in [4.78, 5) is 3.92. The predicted molar refractivity (Wildman–Crippen MR) is 67.3 cm³/mol. The number of ether oxygens (including phenoxy) is 1. The lowest BCUT2D eigenvalue weighted by Crippen LogP contribution is -2.00. The Hall–Kier alpha value is -2.44. The third-order valence-corrected chi connectivity index (χ3v) is 2.43. The van der Waals surface area contributed by atoms with E-state index in [1.165, 1.54) is 11.8 Å². The quantitative estimate of drug-likeness (QED) is 0.863. The van der Waals surface area contributed by atoms with Gasteiger partial charge in [0.1, 0.15) is 17.4 Å². The number of hydrogen-bond acceptors (Lipinski definition) is 4. The molecule has 0 aliphatic rings. The highest BCUT2D eigenvalue weighted by atomic mass is 19.1. The van der Waals surface area contributed by atoms with Gasteiger partial charge < -0.3 is 10.5 Å². The van der Waals surface area contributed by atoms with Gasteiger partial charge in [0, 0.05) is 12.1 Å². The molecule has 0 bridgehead atoms. The lowest BCUT2D eigenvalue weighted by atomic mass is 10.2. The Kier molecular flexibility index (Phi) is 3.46. The summed E-state index contributed by atoms with van der Waals surface area (Å²) < 4.78 is 33.3. The number of nitrogens with two attached hydrogens (primary N) is 1. The van der Waals surface area contributed by atoms with Gasteiger partial charge in [-0.05, 0) is 6.92 Å². The second-order valence-corrected chi connectivity index (χ2v) is 3.83. The Bertz CT molecular complexity index is 614. The van der Waals surface area contributed by atoms with Crippen molar-refractivity contribution in [1.29, 1.82) is 0 Å². The molecule has 0 atom stereocenters. The predicted octanol–water partition coefficient (Wildman–Crippen LogP) is 1.94. The minimum atomic E-state index is -0.768. The summed E-state index contributed by atoms with van der Waals surface area (Å²) in [7, 11) is 1.33. The van der Waals surface area contributed by atoms with Crippen LogP contribution >= 0.6 is 0 Å². The molecule has 0 saturated carbocycles. The van der Waals surface area contributed by atoms with Gasteiger partial charge >= 0.3 is 0 Å². The van der Waals surface area contributed by atoms with Gasteiger partial charge in [0.2, 0.25) is 5.95 Å². The van der Waals surface area contributed by atoms with Crippen LogP contribution in [0, 0.1) is 18.6 Å². The highest BCUT2D eigenvalue weighted by Gasteiger charge is 2.10. The molecule has 2 aromatic rings. The van der Waals surface area contributed by atoms with Crippen LogP contribution in [0.4, 0.5) is 14.7 Å². The number of aromatic nitrogens is 2. The third-order valence-electron chi connectivity index (χ3n) is 2.43. The van der Waals surface area contributed by atoms with Gasteiger partial charge in [0.15, 0.2) is 0 Å². The molecule has 0 aliphatic carbocycles. The Morgan fingerprint density at radius 3 is 2.47 bits per heavy atom. The fourth-order valence-electron chi connectivity index (χ4n) is 1.52. The summed E-state index contributed by atoms with van der Waals surface area (Å²) in [5, 5.41) is 3.86. The molecular weight excluding hydrogens is 254 g/mol. The highest BCUT2D eigenvalue weighted by Crippen LogP contribution is 2.19. The molecule has 5 nitrogen and oxygen atoms in total. The van der Waals surface area contributed by atoms with Crippen molar-refractivity contribution in [1.82, 2.24) is 9.66 Å². The Labute approximate surface area is 108 Å². The number of hydrogen-bond donors (Lipinski definition) is 1. The molecule has 19 heavy (non-hydrogen) atoms. The van der Waals surface area contributed by atoms with Crippen molar-refractivity contribution in [3.8, 4) is 5.75 Å². The van der Waals surface area contributed by atoms with Crippen LogP contribution in [0.15, 0.2) is 23.4 Å². The summed E-state index contributed by atoms with van der Waals surface area (Å²) in [5.74, 6) is -1.29. The minimum absolute atomic E-state index is 0.102. The molecule has 7 heteroatoms. The first-order chi connectivity index (χ1) is 9.01. The normalized spacial score (nSPS) is 11.2. The van der Waals surface area contributed by atoms with E-state index >= 15 is 0 Å². The average Bonchev–Trinajstić information content (AvgIpc) is 2.66. The first kappa shape index (κ1) is 13.0. The summed E-state index contributed by atoms with van der Waals surface area (Å²) in [5.41, 5.74) is 5.94. The number of nitrogen functional groups attached to an aromatic ring is 1. The highest BCUT2D eigenvalue weighted by molar-refractivity contribution is 5.80. The maximum absolute atomic E-state index is 13.6. The SMILES string of the molecule is COc1cc(F)c(C=Nn2cc(C)nc2N)c(F)c1. The van der Waals surface area contributed by atoms with E-state index in [9.17, 15) is 8.78 Å². The second-order valence-electron chi connectivity index (χ2n) is 3.83. The van der Waals surface area contributed by atoms with Crippen LogP contribution in [0.2, 0.25) is 0 Å². The van der Waals surface area contributed by atoms with E-state index in [1.54, 1.807) is 13.1 Å². The van der Waals surface area contributed by atoms with Crippen LogP contribution in [0.3, 0.4) is 0 Å². The smallest absolute Gasteiger partial charge is 0.221 e. The van der Waals surface area contributed by atoms with E-state index in [0.29, 0.717) is 5.69 Å². The number of rotatable bonds is 3. The first-order valence-electron chi connectivity index (χ1n) is 5.40. The van der Waals surface area contributed by atoms with Crippen LogP contribution in [0.1, 0.15) is 11.3 Å². The standard InChI is InChI=1S/C12H12F2N4O/c1-7-6-18(12(15)17-7)16-5-9-10(13)3-8(19-2)4-11(9)14/h3-6H,1-2H3,(H2,15,17). The molecule has 1 aromatic carbocycles. The molecule has 1 heterocycles. The molecule has 100 valence electrons. The Balaban J connectivity index is 2.36. The minimum Gasteiger partial charge on any atom is -0.497 e. The lowest BCUT2D eigenvalue weighted by Gasteiger charge is -2.03. The van der Waals surface area contributed by atoms with Gasteiger partial charge in [-0.2, -0.15) is 5.10 Å². The van der Waals surface area contributed by atoms with Crippen molar-refractivity contribution in [3.63, 3.8) is 0 Å². The maximum Gasteiger partial charge on any atom is 0.221 e. The summed E-state index contributed by atoms with van der Waals surface area (Å²) in [6.07, 6.45) is 2.59. The molecule has 1 aromatic heterocycles. The second kappa shape index (κ2) is 5.05. The molecular formula is C12H12F2N4O. The Morgan fingerprint density at radius 2 is 2.00 bits per heavy atom. The summed E-state index contributed by atoms with van der Waals surface area (Å²) in [6.45, 7) is 1.73. The summed E-state index contributed by atoms with van der Waals surface area (Å²) in [6, 6.07) is 2.15. The van der Waals surface area contributed by atoms with E-state index in [2.05, 4.69) is 10.1 Å². The zero-order chi connectivity index (χ0) is 14.0. The van der Waals surface area contributed by atoms with E-state index in [4.69, 9.17) is 10.5 Å². The fourth-order valence-corrected chi connectivity index (χ4v) is 1.52. The number of methoxy groups -OCH3 is 1. The molecule has 0 aliphatic heterocycles. The van der Waals surface area contributed by atoms with E-state index in [1.807, 2.05) is 0 Å². The molecule has 0 amide bonds. The van der Waals surface area contributed by atoms with E-state index < -0.39 is 11.6 Å². The monoisotopic (exact) mass is 266 g/mol. The van der Waals surface area contributed by atoms with Gasteiger partial charge in [0.25, 0.3) is 0 Å². The van der Waals surface area contributed by atoms with Gasteiger partial charge in [-0.15, -0.1) is 0 Å². The first-order valence-corrected chi connectivity index (χ1v) is 5.40. The zero-order valence-electron chi connectivity index (χ0n) is 10.4. The number of imidazole rings is 1. The molecule has 0 radical (unpaired) electrons. The van der Waals surface area contributed by atoms with Crippen molar-refractivity contribution in [2.75, 3.05) is 12.8 Å². The number of halogens is 2. The van der Waals surface area contributed by atoms with Gasteiger partial charge in [-0.25, -0.2) is 18.4 Å². The van der Waals surface area contributed by atoms with Gasteiger partial charge in [0.05, 0.1) is 30.8 Å². The van der Waals surface area contributed by atoms with Crippen molar-refractivity contribution in [2.45, 2.75) is 6.92 Å². The van der Waals surface area contributed by atoms with Crippen LogP contribution in [0.25, 0.3) is 0 Å². The number of benzene rings is 1. The van der Waals surface area contributed by atoms with Gasteiger partial charge in [-0.1, -0.05) is 0 Å². The molecule has 0 saturated heterocycles. The number of aryl methyl sites for hydroxylation is 1. The van der Waals surface area contributed by atoms with Crippen molar-refractivity contribution in [2.24, 2.45) is 5.10 Å². The van der Waals surface area contributed by atoms with Crippen LogP contribution in [-0.2, 0) is 0 Å². The largest absolute Gasteiger partial charge is 0.497 e. The van der Waals surface area contributed by atoms with Crippen LogP contribution in [0.5, 0.6) is 5.75 Å².